The van der Waals surface area contributed by atoms with E-state index in [-0.39, 0.29) is 6.61 Å². The number of aliphatic hydroxyl groups excluding tert-OH is 2. The third kappa shape index (κ3) is 1.71. The van der Waals surface area contributed by atoms with Gasteiger partial charge < -0.3 is 19.7 Å². The summed E-state index contributed by atoms with van der Waals surface area (Å²) >= 11 is 0. The van der Waals surface area contributed by atoms with Crippen LogP contribution in [0.2, 0.25) is 0 Å². The van der Waals surface area contributed by atoms with Gasteiger partial charge in [-0.1, -0.05) is 6.92 Å². The Balaban J connectivity index is 2.31. The Morgan fingerprint density at radius 2 is 2.06 bits per heavy atom. The van der Waals surface area contributed by atoms with E-state index in [0.29, 0.717) is 0 Å². The fraction of sp³-hybridized carbons (Fsp3) is 0.818. The predicted molar refractivity (Wildman–Crippen MR) is 54.6 cm³/mol. The average Bonchev–Trinajstić information content (AvgIpc) is 2.55. The second-order valence-corrected chi connectivity index (χ2v) is 4.70. The van der Waals surface area contributed by atoms with Crippen LogP contribution in [0.25, 0.3) is 0 Å². The molecule has 1 saturated heterocycles. The highest BCUT2D eigenvalue weighted by atomic mass is 16.5. The van der Waals surface area contributed by atoms with E-state index < -0.39 is 47.8 Å². The minimum Gasteiger partial charge on any atom is -0.469 e. The number of carbonyl (C=O) groups excluding carboxylic acids is 2. The van der Waals surface area contributed by atoms with Crippen LogP contribution in [-0.4, -0.2) is 48.1 Å². The first kappa shape index (κ1) is 12.3. The smallest absolute Gasteiger partial charge is 0.312 e. The third-order valence-corrected chi connectivity index (χ3v) is 3.91. The molecule has 1 saturated carbocycles. The van der Waals surface area contributed by atoms with Gasteiger partial charge in [-0.15, -0.1) is 0 Å². The molecule has 0 aromatic heterocycles. The average molecular weight is 244 g/mol. The van der Waals surface area contributed by atoms with Crippen LogP contribution >= 0.6 is 0 Å². The highest BCUT2D eigenvalue weighted by Crippen LogP contribution is 2.45. The summed E-state index contributed by atoms with van der Waals surface area (Å²) in [7, 11) is 1.24. The quantitative estimate of drug-likeness (QED) is 0.571. The van der Waals surface area contributed by atoms with Gasteiger partial charge in [-0.2, -0.15) is 0 Å². The Bertz CT molecular complexity index is 341. The Labute approximate surface area is 98.5 Å². The lowest BCUT2D eigenvalue weighted by Crippen LogP contribution is -2.45. The van der Waals surface area contributed by atoms with Crippen LogP contribution in [0.5, 0.6) is 0 Å². The van der Waals surface area contributed by atoms with Crippen molar-refractivity contribution < 1.29 is 29.3 Å². The summed E-state index contributed by atoms with van der Waals surface area (Å²) in [6, 6.07) is 0. The molecule has 2 N–H and O–H groups in total. The summed E-state index contributed by atoms with van der Waals surface area (Å²) in [5.41, 5.74) is 0. The van der Waals surface area contributed by atoms with E-state index in [9.17, 15) is 19.8 Å². The second kappa shape index (κ2) is 4.27. The summed E-state index contributed by atoms with van der Waals surface area (Å²) in [6.45, 7) is 1.57. The Hall–Kier alpha value is -1.14. The zero-order chi connectivity index (χ0) is 12.7. The van der Waals surface area contributed by atoms with Crippen molar-refractivity contribution in [1.82, 2.24) is 0 Å². The van der Waals surface area contributed by atoms with E-state index >= 15 is 0 Å². The molecule has 1 aliphatic heterocycles. The molecule has 1 aliphatic carbocycles. The largest absolute Gasteiger partial charge is 0.469 e. The minimum atomic E-state index is -1.09. The van der Waals surface area contributed by atoms with Crippen LogP contribution in [0.15, 0.2) is 0 Å². The summed E-state index contributed by atoms with van der Waals surface area (Å²) in [5.74, 6) is -3.36. The van der Waals surface area contributed by atoms with Crippen molar-refractivity contribution in [2.24, 2.45) is 23.7 Å². The number of hydrogen-bond donors (Lipinski definition) is 2. The molecule has 6 heteroatoms. The van der Waals surface area contributed by atoms with Crippen LogP contribution in [0.4, 0.5) is 0 Å². The lowest BCUT2D eigenvalue weighted by Gasteiger charge is -2.33. The number of hydrogen-bond acceptors (Lipinski definition) is 6. The Morgan fingerprint density at radius 3 is 2.65 bits per heavy atom. The standard InChI is InChI=1S/C11H16O6/c1-4-6-7(9(13)8(4)12)5(10(14)16-2)3-17-11(6)15/h4-9,12-13H,3H2,1-2H3. The van der Waals surface area contributed by atoms with Crippen molar-refractivity contribution >= 4 is 11.9 Å². The van der Waals surface area contributed by atoms with Gasteiger partial charge >= 0.3 is 11.9 Å². The van der Waals surface area contributed by atoms with Crippen LogP contribution in [0.1, 0.15) is 6.92 Å². The molecular weight excluding hydrogens is 228 g/mol. The van der Waals surface area contributed by atoms with Gasteiger partial charge in [-0.3, -0.25) is 9.59 Å². The number of methoxy groups -OCH3 is 1. The zero-order valence-corrected chi connectivity index (χ0v) is 9.70. The fourth-order valence-corrected chi connectivity index (χ4v) is 2.93. The molecule has 0 aromatic rings. The van der Waals surface area contributed by atoms with Gasteiger partial charge in [-0.05, 0) is 5.92 Å². The Morgan fingerprint density at radius 1 is 1.41 bits per heavy atom. The van der Waals surface area contributed by atoms with Gasteiger partial charge in [-0.25, -0.2) is 0 Å². The van der Waals surface area contributed by atoms with Crippen LogP contribution in [0, 0.1) is 23.7 Å². The molecule has 0 radical (unpaired) electrons. The first-order valence-corrected chi connectivity index (χ1v) is 5.59. The maximum Gasteiger partial charge on any atom is 0.312 e. The molecule has 2 rings (SSSR count). The third-order valence-electron chi connectivity index (χ3n) is 3.91. The van der Waals surface area contributed by atoms with Gasteiger partial charge in [0.05, 0.1) is 31.2 Å². The van der Waals surface area contributed by atoms with Crippen molar-refractivity contribution in [3.8, 4) is 0 Å². The maximum absolute atomic E-state index is 11.6. The second-order valence-electron chi connectivity index (χ2n) is 4.70. The topological polar surface area (TPSA) is 93.1 Å². The first-order chi connectivity index (χ1) is 7.99. The van der Waals surface area contributed by atoms with E-state index in [1.54, 1.807) is 6.92 Å². The molecule has 1 heterocycles. The molecule has 17 heavy (non-hydrogen) atoms. The van der Waals surface area contributed by atoms with Crippen molar-refractivity contribution in [1.29, 1.82) is 0 Å². The van der Waals surface area contributed by atoms with Crippen molar-refractivity contribution in [3.63, 3.8) is 0 Å². The molecule has 0 bridgehead atoms. The van der Waals surface area contributed by atoms with Gasteiger partial charge in [0, 0.05) is 5.92 Å². The SMILES string of the molecule is COC(=O)C1COC(=O)C2C(C)C(O)C(O)C12. The van der Waals surface area contributed by atoms with Crippen molar-refractivity contribution in [2.45, 2.75) is 19.1 Å². The number of fused-ring (bicyclic) bond motifs is 1. The van der Waals surface area contributed by atoms with Crippen LogP contribution in [-0.2, 0) is 19.1 Å². The lowest BCUT2D eigenvalue weighted by molar-refractivity contribution is -0.173. The number of aliphatic hydroxyl groups is 2. The molecule has 0 amide bonds. The van der Waals surface area contributed by atoms with E-state index in [2.05, 4.69) is 4.74 Å². The normalized spacial score (nSPS) is 45.1. The molecule has 96 valence electrons. The van der Waals surface area contributed by atoms with Gasteiger partial charge in [0.1, 0.15) is 6.61 Å². The number of ether oxygens (including phenoxy) is 2. The summed E-state index contributed by atoms with van der Waals surface area (Å²) in [5, 5.41) is 19.7. The molecule has 6 unspecified atom stereocenters. The van der Waals surface area contributed by atoms with Gasteiger partial charge in [0.25, 0.3) is 0 Å². The molecule has 2 aliphatic rings. The summed E-state index contributed by atoms with van der Waals surface area (Å²) in [4.78, 5) is 23.2. The number of esters is 2. The van der Waals surface area contributed by atoms with E-state index in [1.807, 2.05) is 0 Å². The van der Waals surface area contributed by atoms with Gasteiger partial charge in [0.2, 0.25) is 0 Å². The van der Waals surface area contributed by atoms with E-state index in [4.69, 9.17) is 4.74 Å². The lowest BCUT2D eigenvalue weighted by atomic mass is 9.79. The summed E-state index contributed by atoms with van der Waals surface area (Å²) in [6.07, 6.45) is -2.10. The molecular formula is C11H16O6. The highest BCUT2D eigenvalue weighted by Gasteiger charge is 2.58. The van der Waals surface area contributed by atoms with Crippen molar-refractivity contribution in [2.75, 3.05) is 13.7 Å². The maximum atomic E-state index is 11.6. The van der Waals surface area contributed by atoms with Crippen LogP contribution < -0.4 is 0 Å². The van der Waals surface area contributed by atoms with Crippen molar-refractivity contribution in [3.05, 3.63) is 0 Å². The predicted octanol–water partition coefficient (Wildman–Crippen LogP) is -1.06. The van der Waals surface area contributed by atoms with Gasteiger partial charge in [0.15, 0.2) is 0 Å². The highest BCUT2D eigenvalue weighted by molar-refractivity contribution is 5.80. The zero-order valence-electron chi connectivity index (χ0n) is 9.70. The molecule has 6 nitrogen and oxygen atoms in total. The number of rotatable bonds is 1. The molecule has 6 atom stereocenters. The monoisotopic (exact) mass is 244 g/mol. The summed E-state index contributed by atoms with van der Waals surface area (Å²) < 4.78 is 9.56. The number of carbonyl (C=O) groups is 2. The molecule has 2 fully saturated rings. The minimum absolute atomic E-state index is 0.0941. The van der Waals surface area contributed by atoms with E-state index in [1.165, 1.54) is 7.11 Å². The number of cyclic esters (lactones) is 1. The molecule has 0 aromatic carbocycles. The molecule has 0 spiro atoms. The van der Waals surface area contributed by atoms with E-state index in [0.717, 1.165) is 0 Å². The first-order valence-electron chi connectivity index (χ1n) is 5.59. The Kier molecular flexibility index (Phi) is 3.09. The fourth-order valence-electron chi connectivity index (χ4n) is 2.93. The van der Waals surface area contributed by atoms with Crippen LogP contribution in [0.3, 0.4) is 0 Å².